The van der Waals surface area contributed by atoms with Gasteiger partial charge in [-0.05, 0) is 36.8 Å². The average molecular weight is 324 g/mol. The first-order valence-electron chi connectivity index (χ1n) is 7.53. The maximum absolute atomic E-state index is 12.2. The van der Waals surface area contributed by atoms with E-state index in [0.29, 0.717) is 31.1 Å². The molecule has 0 bridgehead atoms. The highest BCUT2D eigenvalue weighted by Gasteiger charge is 2.30. The van der Waals surface area contributed by atoms with Crippen molar-refractivity contribution in [3.8, 4) is 0 Å². The fourth-order valence-electron chi connectivity index (χ4n) is 2.90. The summed E-state index contributed by atoms with van der Waals surface area (Å²) in [6, 6.07) is 7.17. The fraction of sp³-hybridized carbons (Fsp3) is 0.533. The normalized spacial score (nSPS) is 19.5. The van der Waals surface area contributed by atoms with Crippen molar-refractivity contribution in [2.75, 3.05) is 19.0 Å². The van der Waals surface area contributed by atoms with Crippen molar-refractivity contribution in [1.29, 1.82) is 0 Å². The number of nitrogens with zero attached hydrogens (tertiary/aromatic N) is 1. The van der Waals surface area contributed by atoms with Gasteiger partial charge in [-0.15, -0.1) is 4.83 Å². The van der Waals surface area contributed by atoms with E-state index in [1.54, 1.807) is 12.1 Å². The van der Waals surface area contributed by atoms with Crippen molar-refractivity contribution in [1.82, 2.24) is 9.84 Å². The van der Waals surface area contributed by atoms with E-state index in [9.17, 15) is 13.2 Å². The third kappa shape index (κ3) is 3.48. The lowest BCUT2D eigenvalue weighted by molar-refractivity contribution is 0.0654. The molecule has 0 saturated carbocycles. The minimum absolute atomic E-state index is 0.0395. The lowest BCUT2D eigenvalue weighted by Crippen LogP contribution is -2.43. The molecule has 0 spiro atoms. The molecule has 120 valence electrons. The molecule has 1 saturated heterocycles. The average Bonchev–Trinajstić information content (AvgIpc) is 2.83. The SMILES string of the molecule is O=C1c2ccccc2CN1NS(=O)(=O)CCC1CCOCC1. The van der Waals surface area contributed by atoms with Gasteiger partial charge < -0.3 is 4.74 Å². The van der Waals surface area contributed by atoms with Gasteiger partial charge in [-0.1, -0.05) is 18.2 Å². The first-order valence-corrected chi connectivity index (χ1v) is 9.18. The van der Waals surface area contributed by atoms with Crippen LogP contribution < -0.4 is 4.83 Å². The Bertz CT molecular complexity index is 653. The molecule has 0 aromatic heterocycles. The van der Waals surface area contributed by atoms with Crippen LogP contribution in [-0.4, -0.2) is 38.3 Å². The molecule has 1 aromatic rings. The van der Waals surface area contributed by atoms with Gasteiger partial charge in [0.1, 0.15) is 0 Å². The molecule has 1 N–H and O–H groups in total. The van der Waals surface area contributed by atoms with E-state index in [1.165, 1.54) is 5.01 Å². The molecule has 1 fully saturated rings. The van der Waals surface area contributed by atoms with Gasteiger partial charge in [-0.2, -0.15) is 0 Å². The summed E-state index contributed by atoms with van der Waals surface area (Å²) in [5.74, 6) is 0.139. The number of hydrogen-bond donors (Lipinski definition) is 1. The Kier molecular flexibility index (Phi) is 4.46. The molecule has 6 nitrogen and oxygen atoms in total. The summed E-state index contributed by atoms with van der Waals surface area (Å²) < 4.78 is 29.7. The Balaban J connectivity index is 1.57. The number of amides is 1. The summed E-state index contributed by atoms with van der Waals surface area (Å²) in [6.07, 6.45) is 2.42. The number of nitrogens with one attached hydrogen (secondary N) is 1. The number of hydrazine groups is 1. The number of hydrogen-bond acceptors (Lipinski definition) is 4. The monoisotopic (exact) mass is 324 g/mol. The molecule has 3 rings (SSSR count). The van der Waals surface area contributed by atoms with Crippen molar-refractivity contribution in [2.45, 2.75) is 25.8 Å². The minimum atomic E-state index is -3.50. The molecule has 2 heterocycles. The van der Waals surface area contributed by atoms with Crippen molar-refractivity contribution < 1.29 is 17.9 Å². The quantitative estimate of drug-likeness (QED) is 0.885. The molecule has 0 radical (unpaired) electrons. The van der Waals surface area contributed by atoms with E-state index in [1.807, 2.05) is 12.1 Å². The second kappa shape index (κ2) is 6.36. The van der Waals surface area contributed by atoms with E-state index in [0.717, 1.165) is 18.4 Å². The molecular formula is C15H20N2O4S. The predicted octanol–water partition coefficient (Wildman–Crippen LogP) is 1.29. The Morgan fingerprint density at radius 1 is 1.23 bits per heavy atom. The summed E-state index contributed by atoms with van der Waals surface area (Å²) in [6.45, 7) is 1.70. The first kappa shape index (κ1) is 15.5. The third-order valence-electron chi connectivity index (χ3n) is 4.21. The number of benzene rings is 1. The van der Waals surface area contributed by atoms with Crippen molar-refractivity contribution in [3.05, 3.63) is 35.4 Å². The molecule has 0 aliphatic carbocycles. The Morgan fingerprint density at radius 3 is 2.68 bits per heavy atom. The highest BCUT2D eigenvalue weighted by atomic mass is 32.2. The summed E-state index contributed by atoms with van der Waals surface area (Å²) in [5, 5.41) is 1.18. The molecular weight excluding hydrogens is 304 g/mol. The van der Waals surface area contributed by atoms with Gasteiger partial charge in [0.2, 0.25) is 10.0 Å². The highest BCUT2D eigenvalue weighted by molar-refractivity contribution is 7.89. The summed E-state index contributed by atoms with van der Waals surface area (Å²) in [4.78, 5) is 14.6. The maximum atomic E-state index is 12.2. The van der Waals surface area contributed by atoms with Crippen LogP contribution in [-0.2, 0) is 21.3 Å². The number of rotatable bonds is 5. The molecule has 0 unspecified atom stereocenters. The van der Waals surface area contributed by atoms with Crippen LogP contribution >= 0.6 is 0 Å². The summed E-state index contributed by atoms with van der Waals surface area (Å²) in [5.41, 5.74) is 1.41. The van der Waals surface area contributed by atoms with Crippen LogP contribution in [0.1, 0.15) is 35.2 Å². The molecule has 22 heavy (non-hydrogen) atoms. The largest absolute Gasteiger partial charge is 0.381 e. The zero-order chi connectivity index (χ0) is 15.6. The topological polar surface area (TPSA) is 75.7 Å². The second-order valence-electron chi connectivity index (χ2n) is 5.80. The summed E-state index contributed by atoms with van der Waals surface area (Å²) >= 11 is 0. The number of carbonyl (C=O) groups is 1. The Morgan fingerprint density at radius 2 is 1.95 bits per heavy atom. The molecule has 1 aromatic carbocycles. The fourth-order valence-corrected chi connectivity index (χ4v) is 4.12. The van der Waals surface area contributed by atoms with Crippen LogP contribution in [0.2, 0.25) is 0 Å². The van der Waals surface area contributed by atoms with Crippen LogP contribution in [0.25, 0.3) is 0 Å². The van der Waals surface area contributed by atoms with Crippen molar-refractivity contribution >= 4 is 15.9 Å². The lowest BCUT2D eigenvalue weighted by Gasteiger charge is -2.22. The van der Waals surface area contributed by atoms with Gasteiger partial charge in [0.15, 0.2) is 0 Å². The number of carbonyl (C=O) groups excluding carboxylic acids is 1. The summed E-state index contributed by atoms with van der Waals surface area (Å²) in [7, 11) is -3.50. The van der Waals surface area contributed by atoms with Crippen molar-refractivity contribution in [2.24, 2.45) is 5.92 Å². The van der Waals surface area contributed by atoms with Gasteiger partial charge in [0.05, 0.1) is 12.3 Å². The van der Waals surface area contributed by atoms with Crippen LogP contribution in [0.15, 0.2) is 24.3 Å². The van der Waals surface area contributed by atoms with Gasteiger partial charge in [-0.3, -0.25) is 9.80 Å². The predicted molar refractivity (Wildman–Crippen MR) is 81.4 cm³/mol. The Labute approximate surface area is 130 Å². The number of sulfonamides is 1. The molecule has 2 aliphatic rings. The Hall–Kier alpha value is -1.44. The smallest absolute Gasteiger partial charge is 0.269 e. The van der Waals surface area contributed by atoms with Crippen molar-refractivity contribution in [3.63, 3.8) is 0 Å². The van der Waals surface area contributed by atoms with Crippen LogP contribution in [0.3, 0.4) is 0 Å². The number of ether oxygens (including phenoxy) is 1. The molecule has 7 heteroatoms. The van der Waals surface area contributed by atoms with E-state index < -0.39 is 10.0 Å². The van der Waals surface area contributed by atoms with Gasteiger partial charge in [-0.25, -0.2) is 8.42 Å². The zero-order valence-corrected chi connectivity index (χ0v) is 13.1. The molecule has 2 aliphatic heterocycles. The minimum Gasteiger partial charge on any atom is -0.381 e. The standard InChI is InChI=1S/C15H20N2O4S/c18-15-14-4-2-1-3-13(14)11-17(15)16-22(19,20)10-7-12-5-8-21-9-6-12/h1-4,12,16H,5-11H2. The highest BCUT2D eigenvalue weighted by Crippen LogP contribution is 2.22. The van der Waals surface area contributed by atoms with Crippen LogP contribution in [0.4, 0.5) is 0 Å². The second-order valence-corrected chi connectivity index (χ2v) is 7.62. The third-order valence-corrected chi connectivity index (χ3v) is 5.48. The lowest BCUT2D eigenvalue weighted by atomic mass is 9.98. The number of fused-ring (bicyclic) bond motifs is 1. The maximum Gasteiger partial charge on any atom is 0.269 e. The van der Waals surface area contributed by atoms with Gasteiger partial charge in [0, 0.05) is 18.8 Å². The van der Waals surface area contributed by atoms with E-state index in [4.69, 9.17) is 4.74 Å². The zero-order valence-electron chi connectivity index (χ0n) is 12.3. The first-order chi connectivity index (χ1) is 10.6. The van der Waals surface area contributed by atoms with Gasteiger partial charge in [0.25, 0.3) is 5.91 Å². The molecule has 0 atom stereocenters. The van der Waals surface area contributed by atoms with E-state index >= 15 is 0 Å². The van der Waals surface area contributed by atoms with E-state index in [2.05, 4.69) is 4.83 Å². The van der Waals surface area contributed by atoms with Gasteiger partial charge >= 0.3 is 0 Å². The van der Waals surface area contributed by atoms with E-state index in [-0.39, 0.29) is 18.2 Å². The van der Waals surface area contributed by atoms with Crippen LogP contribution in [0, 0.1) is 5.92 Å². The van der Waals surface area contributed by atoms with Crippen LogP contribution in [0.5, 0.6) is 0 Å². The molecule has 1 amide bonds.